The van der Waals surface area contributed by atoms with Crippen LogP contribution in [0.2, 0.25) is 0 Å². The van der Waals surface area contributed by atoms with Gasteiger partial charge in [0.15, 0.2) is 0 Å². The third-order valence-corrected chi connectivity index (χ3v) is 5.74. The second-order valence-electron chi connectivity index (χ2n) is 3.37. The van der Waals surface area contributed by atoms with Crippen LogP contribution in [0.4, 0.5) is 0 Å². The first-order valence-corrected chi connectivity index (χ1v) is 9.81. The molecule has 0 saturated carbocycles. The van der Waals surface area contributed by atoms with Gasteiger partial charge < -0.3 is 14.7 Å². The Morgan fingerprint density at radius 3 is 1.28 bits per heavy atom. The number of hydrogen-bond donors (Lipinski definition) is 3. The number of hydrogen-bond acceptors (Lipinski definition) is 1. The van der Waals surface area contributed by atoms with E-state index in [1.165, 1.54) is 0 Å². The van der Waals surface area contributed by atoms with Gasteiger partial charge in [-0.05, 0) is 0 Å². The predicted octanol–water partition coefficient (Wildman–Crippen LogP) is 0.794. The molecule has 0 atom stereocenters. The number of benzene rings is 2. The molecule has 0 spiro atoms. The fourth-order valence-electron chi connectivity index (χ4n) is 1.21. The van der Waals surface area contributed by atoms with Crippen molar-refractivity contribution in [2.45, 2.75) is 0 Å². The molecule has 0 aromatic heterocycles. The van der Waals surface area contributed by atoms with Crippen LogP contribution in [-0.2, 0) is 4.57 Å². The molecule has 0 bridgehead atoms. The van der Waals surface area contributed by atoms with E-state index in [9.17, 15) is 0 Å². The molecule has 18 heavy (non-hydrogen) atoms. The molecule has 0 heterocycles. The van der Waals surface area contributed by atoms with Gasteiger partial charge in [-0.1, -0.05) is 0 Å². The van der Waals surface area contributed by atoms with Crippen LogP contribution in [-0.4, -0.2) is 14.7 Å². The Labute approximate surface area is 126 Å². The molecule has 6 heteroatoms. The maximum atomic E-state index is 8.88. The summed E-state index contributed by atoms with van der Waals surface area (Å²) in [7, 11) is -4.64. The van der Waals surface area contributed by atoms with Gasteiger partial charge in [0.05, 0.1) is 0 Å². The van der Waals surface area contributed by atoms with E-state index in [1.54, 1.807) is 2.16 Å². The van der Waals surface area contributed by atoms with Crippen molar-refractivity contribution in [1.82, 2.24) is 0 Å². The first-order chi connectivity index (χ1) is 8.45. The maximum absolute atomic E-state index is 8.88. The minimum atomic E-state index is -4.64. The molecule has 0 aliphatic heterocycles. The summed E-state index contributed by atoms with van der Waals surface area (Å²) in [5, 5.41) is 0. The molecular weight excluding hydrogens is 379 g/mol. The molecule has 0 amide bonds. The summed E-state index contributed by atoms with van der Waals surface area (Å²) in [4.78, 5) is 21.6. The molecule has 4 nitrogen and oxygen atoms in total. The van der Waals surface area contributed by atoms with Crippen molar-refractivity contribution in [1.29, 1.82) is 0 Å². The van der Waals surface area contributed by atoms with Gasteiger partial charge in [0, 0.05) is 0 Å². The van der Waals surface area contributed by atoms with Gasteiger partial charge in [-0.15, -0.1) is 0 Å². The molecule has 94 valence electrons. The Morgan fingerprint density at radius 1 is 0.722 bits per heavy atom. The predicted molar refractivity (Wildman–Crippen MR) is 66.4 cm³/mol. The van der Waals surface area contributed by atoms with Crippen molar-refractivity contribution < 1.29 is 56.8 Å². The zero-order valence-electron chi connectivity index (χ0n) is 9.47. The third kappa shape index (κ3) is 8.94. The van der Waals surface area contributed by atoms with Gasteiger partial charge in [-0.2, -0.15) is 0 Å². The topological polar surface area (TPSA) is 77.8 Å². The van der Waals surface area contributed by atoms with E-state index in [0.717, 1.165) is 0 Å². The summed E-state index contributed by atoms with van der Waals surface area (Å²) >= 11 is -0.740. The zero-order chi connectivity index (χ0) is 13.4. The number of rotatable bonds is 2. The van der Waals surface area contributed by atoms with E-state index >= 15 is 0 Å². The van der Waals surface area contributed by atoms with Gasteiger partial charge >= 0.3 is 108 Å². The third-order valence-electron chi connectivity index (χ3n) is 1.84. The standard InChI is InChI=1S/2C6H5.Ce.H3O4P/c2*1-2-4-6-5-3-1;;1-5(2,3)4/h2*1-5H;;(H3,1,2,3,4). The molecule has 2 aromatic carbocycles. The first kappa shape index (κ1) is 16.0. The van der Waals surface area contributed by atoms with Crippen molar-refractivity contribution in [3.63, 3.8) is 0 Å². The SMILES string of the molecule is O=P(O)(O)O.c1cc[c]([Ce][c]2ccccc2)cc1. The zero-order valence-corrected chi connectivity index (χ0v) is 13.5. The molecule has 0 saturated heterocycles. The molecular formula is C12H13CeO4P. The Morgan fingerprint density at radius 2 is 1.00 bits per heavy atom. The van der Waals surface area contributed by atoms with Crippen LogP contribution in [0, 0.1) is 37.6 Å². The fourth-order valence-corrected chi connectivity index (χ4v) is 4.51. The summed E-state index contributed by atoms with van der Waals surface area (Å²) in [6.45, 7) is 0. The van der Waals surface area contributed by atoms with Crippen molar-refractivity contribution in [3.8, 4) is 0 Å². The van der Waals surface area contributed by atoms with Gasteiger partial charge in [0.1, 0.15) is 0 Å². The normalized spacial score (nSPS) is 10.2. The Bertz CT molecular complexity index is 452. The number of phosphoric acid groups is 1. The molecule has 3 N–H and O–H groups in total. The van der Waals surface area contributed by atoms with Crippen LogP contribution in [0.15, 0.2) is 60.7 Å². The van der Waals surface area contributed by atoms with E-state index in [2.05, 4.69) is 60.7 Å². The van der Waals surface area contributed by atoms with E-state index in [0.29, 0.717) is 0 Å². The summed E-state index contributed by atoms with van der Waals surface area (Å²) in [5.74, 6) is 0. The van der Waals surface area contributed by atoms with Gasteiger partial charge in [0.2, 0.25) is 0 Å². The van der Waals surface area contributed by atoms with Gasteiger partial charge in [-0.25, -0.2) is 4.57 Å². The summed E-state index contributed by atoms with van der Waals surface area (Å²) in [5.41, 5.74) is 0. The van der Waals surface area contributed by atoms with Crippen LogP contribution in [0.25, 0.3) is 0 Å². The minimum absolute atomic E-state index is 0.740. The molecule has 0 aliphatic carbocycles. The van der Waals surface area contributed by atoms with E-state index in [4.69, 9.17) is 19.2 Å². The fraction of sp³-hybridized carbons (Fsp3) is 0. The van der Waals surface area contributed by atoms with Gasteiger partial charge in [-0.3, -0.25) is 0 Å². The van der Waals surface area contributed by atoms with Crippen molar-refractivity contribution in [3.05, 3.63) is 60.7 Å². The molecule has 2 rings (SSSR count). The second-order valence-corrected chi connectivity index (χ2v) is 8.81. The van der Waals surface area contributed by atoms with Crippen LogP contribution in [0.1, 0.15) is 0 Å². The van der Waals surface area contributed by atoms with E-state index < -0.39 is 45.4 Å². The Hall–Kier alpha value is -0.0734. The van der Waals surface area contributed by atoms with Crippen molar-refractivity contribution in [2.75, 3.05) is 0 Å². The van der Waals surface area contributed by atoms with Gasteiger partial charge in [0.25, 0.3) is 0 Å². The van der Waals surface area contributed by atoms with Crippen LogP contribution in [0.3, 0.4) is 0 Å². The summed E-state index contributed by atoms with van der Waals surface area (Å²) in [6.07, 6.45) is 0. The summed E-state index contributed by atoms with van der Waals surface area (Å²) in [6, 6.07) is 21.7. The molecule has 0 fully saturated rings. The quantitative estimate of drug-likeness (QED) is 0.661. The van der Waals surface area contributed by atoms with Crippen LogP contribution >= 0.6 is 7.82 Å². The Kier molecular flexibility index (Phi) is 7.25. The molecule has 2 aromatic rings. The van der Waals surface area contributed by atoms with Crippen LogP contribution in [0.5, 0.6) is 0 Å². The average molecular weight is 392 g/mol. The van der Waals surface area contributed by atoms with E-state index in [1.807, 2.05) is 0 Å². The van der Waals surface area contributed by atoms with Crippen molar-refractivity contribution in [2.24, 2.45) is 0 Å². The summed E-state index contributed by atoms with van der Waals surface area (Å²) < 4.78 is 12.0. The molecule has 0 unspecified atom stereocenters. The molecule has 0 radical (unpaired) electrons. The Balaban J connectivity index is 0.000000280. The first-order valence-electron chi connectivity index (χ1n) is 5.10. The second kappa shape index (κ2) is 8.17. The van der Waals surface area contributed by atoms with Crippen molar-refractivity contribution >= 4 is 9.98 Å². The molecule has 0 aliphatic rings. The van der Waals surface area contributed by atoms with E-state index in [-0.39, 0.29) is 0 Å². The average Bonchev–Trinajstić information content (AvgIpc) is 2.29. The monoisotopic (exact) mass is 392 g/mol. The van der Waals surface area contributed by atoms with Crippen LogP contribution < -0.4 is 2.16 Å².